The third-order valence-electron chi connectivity index (χ3n) is 3.48. The number of benzene rings is 1. The number of ether oxygens (including phenoxy) is 1. The van der Waals surface area contributed by atoms with Gasteiger partial charge in [-0.1, -0.05) is 19.1 Å². The molecule has 1 rings (SSSR count). The number of hydrogen-bond donors (Lipinski definition) is 1. The first-order valence-electron chi connectivity index (χ1n) is 7.31. The molecule has 0 amide bonds. The van der Waals surface area contributed by atoms with Crippen molar-refractivity contribution >= 4 is 9.84 Å². The normalized spacial score (nSPS) is 14.0. The average molecular weight is 313 g/mol. The molecular formula is C16H27NO3S. The summed E-state index contributed by atoms with van der Waals surface area (Å²) in [7, 11) is -1.57. The highest BCUT2D eigenvalue weighted by atomic mass is 32.2. The summed E-state index contributed by atoms with van der Waals surface area (Å²) in [5, 5.41) is 3.33. The summed E-state index contributed by atoms with van der Waals surface area (Å²) >= 11 is 0. The van der Waals surface area contributed by atoms with Crippen molar-refractivity contribution in [2.75, 3.05) is 19.4 Å². The molecule has 0 fully saturated rings. The Labute approximate surface area is 128 Å². The van der Waals surface area contributed by atoms with Crippen LogP contribution in [0.4, 0.5) is 0 Å². The molecule has 0 radical (unpaired) electrons. The van der Waals surface area contributed by atoms with E-state index in [1.54, 1.807) is 27.9 Å². The number of sulfone groups is 1. The first-order valence-corrected chi connectivity index (χ1v) is 8.96. The van der Waals surface area contributed by atoms with E-state index in [1.807, 2.05) is 24.3 Å². The molecule has 0 saturated heterocycles. The first kappa shape index (κ1) is 18.0. The lowest BCUT2D eigenvalue weighted by Crippen LogP contribution is -2.37. The summed E-state index contributed by atoms with van der Waals surface area (Å²) in [4.78, 5) is 0. The highest BCUT2D eigenvalue weighted by molar-refractivity contribution is 7.92. The van der Waals surface area contributed by atoms with Crippen LogP contribution in [0.1, 0.15) is 45.7 Å². The highest BCUT2D eigenvalue weighted by Gasteiger charge is 2.32. The molecule has 0 aliphatic heterocycles. The maximum absolute atomic E-state index is 12.5. The first-order chi connectivity index (χ1) is 9.71. The maximum atomic E-state index is 12.5. The quantitative estimate of drug-likeness (QED) is 0.841. The largest absolute Gasteiger partial charge is 0.497 e. The Kier molecular flexibility index (Phi) is 6.23. The van der Waals surface area contributed by atoms with Crippen LogP contribution in [0.15, 0.2) is 24.3 Å². The monoisotopic (exact) mass is 313 g/mol. The molecule has 1 unspecified atom stereocenters. The summed E-state index contributed by atoms with van der Waals surface area (Å²) in [6.07, 6.45) is 0.961. The standard InChI is InChI=1S/C16H27NO3S/c1-6-11-17-15(12-21(18,19)16(2,3)4)13-7-9-14(20-5)10-8-13/h7-10,15,17H,6,11-12H2,1-5H3. The summed E-state index contributed by atoms with van der Waals surface area (Å²) in [5.74, 6) is 0.870. The smallest absolute Gasteiger partial charge is 0.157 e. The van der Waals surface area contributed by atoms with Gasteiger partial charge in [0.2, 0.25) is 0 Å². The Balaban J connectivity index is 2.99. The minimum absolute atomic E-state index is 0.100. The lowest BCUT2D eigenvalue weighted by Gasteiger charge is -2.25. The predicted molar refractivity (Wildman–Crippen MR) is 87.6 cm³/mol. The van der Waals surface area contributed by atoms with Crippen LogP contribution in [0.25, 0.3) is 0 Å². The van der Waals surface area contributed by atoms with Crippen molar-refractivity contribution in [2.24, 2.45) is 0 Å². The molecule has 1 aromatic carbocycles. The van der Waals surface area contributed by atoms with Crippen LogP contribution >= 0.6 is 0 Å². The van der Waals surface area contributed by atoms with Gasteiger partial charge in [0.25, 0.3) is 0 Å². The summed E-state index contributed by atoms with van der Waals surface area (Å²) < 4.78 is 29.3. The van der Waals surface area contributed by atoms with E-state index >= 15 is 0 Å². The SMILES string of the molecule is CCCNC(CS(=O)(=O)C(C)(C)C)c1ccc(OC)cc1. The van der Waals surface area contributed by atoms with E-state index in [0.717, 1.165) is 24.3 Å². The van der Waals surface area contributed by atoms with Gasteiger partial charge in [-0.15, -0.1) is 0 Å². The fourth-order valence-corrected chi connectivity index (χ4v) is 3.15. The second-order valence-corrected chi connectivity index (χ2v) is 8.96. The Bertz CT molecular complexity index is 530. The molecule has 0 aliphatic carbocycles. The third-order valence-corrected chi connectivity index (χ3v) is 6.12. The van der Waals surface area contributed by atoms with Crippen molar-refractivity contribution in [3.8, 4) is 5.75 Å². The van der Waals surface area contributed by atoms with Crippen molar-refractivity contribution < 1.29 is 13.2 Å². The van der Waals surface area contributed by atoms with Gasteiger partial charge in [0, 0.05) is 6.04 Å². The molecule has 4 nitrogen and oxygen atoms in total. The number of hydrogen-bond acceptors (Lipinski definition) is 4. The molecule has 1 aromatic rings. The summed E-state index contributed by atoms with van der Waals surface area (Å²) in [5.41, 5.74) is 0.970. The summed E-state index contributed by atoms with van der Waals surface area (Å²) in [6.45, 7) is 8.08. The van der Waals surface area contributed by atoms with Gasteiger partial charge in [-0.3, -0.25) is 0 Å². The Morgan fingerprint density at radius 2 is 1.76 bits per heavy atom. The third kappa shape index (κ3) is 5.00. The van der Waals surface area contributed by atoms with E-state index in [-0.39, 0.29) is 11.8 Å². The van der Waals surface area contributed by atoms with Gasteiger partial charge in [0.05, 0.1) is 17.6 Å². The second-order valence-electron chi connectivity index (χ2n) is 6.17. The van der Waals surface area contributed by atoms with Crippen molar-refractivity contribution in [3.05, 3.63) is 29.8 Å². The minimum Gasteiger partial charge on any atom is -0.497 e. The van der Waals surface area contributed by atoms with Crippen LogP contribution in [0.2, 0.25) is 0 Å². The fraction of sp³-hybridized carbons (Fsp3) is 0.625. The van der Waals surface area contributed by atoms with Crippen LogP contribution in [0.3, 0.4) is 0 Å². The second kappa shape index (κ2) is 7.27. The topological polar surface area (TPSA) is 55.4 Å². The van der Waals surface area contributed by atoms with Crippen molar-refractivity contribution in [3.63, 3.8) is 0 Å². The Morgan fingerprint density at radius 3 is 2.19 bits per heavy atom. The van der Waals surface area contributed by atoms with Gasteiger partial charge in [0.1, 0.15) is 5.75 Å². The van der Waals surface area contributed by atoms with Crippen molar-refractivity contribution in [1.29, 1.82) is 0 Å². The van der Waals surface area contributed by atoms with E-state index in [9.17, 15) is 8.42 Å². The number of rotatable bonds is 7. The lowest BCUT2D eigenvalue weighted by molar-refractivity contribution is 0.414. The molecule has 0 spiro atoms. The lowest BCUT2D eigenvalue weighted by atomic mass is 10.1. The zero-order valence-electron chi connectivity index (χ0n) is 13.6. The molecule has 21 heavy (non-hydrogen) atoms. The van der Waals surface area contributed by atoms with Gasteiger partial charge in [-0.2, -0.15) is 0 Å². The van der Waals surface area contributed by atoms with Gasteiger partial charge < -0.3 is 10.1 Å². The molecular weight excluding hydrogens is 286 g/mol. The van der Waals surface area contributed by atoms with E-state index in [0.29, 0.717) is 0 Å². The molecule has 120 valence electrons. The maximum Gasteiger partial charge on any atom is 0.157 e. The molecule has 0 heterocycles. The number of methoxy groups -OCH3 is 1. The van der Waals surface area contributed by atoms with Crippen LogP contribution in [-0.4, -0.2) is 32.6 Å². The zero-order chi connectivity index (χ0) is 16.1. The van der Waals surface area contributed by atoms with Crippen LogP contribution in [0.5, 0.6) is 5.75 Å². The van der Waals surface area contributed by atoms with Gasteiger partial charge >= 0.3 is 0 Å². The van der Waals surface area contributed by atoms with E-state index in [2.05, 4.69) is 12.2 Å². The fourth-order valence-electron chi connectivity index (χ4n) is 1.90. The van der Waals surface area contributed by atoms with Gasteiger partial charge in [-0.25, -0.2) is 8.42 Å². The molecule has 1 N–H and O–H groups in total. The molecule has 5 heteroatoms. The molecule has 0 bridgehead atoms. The molecule has 1 atom stereocenters. The van der Waals surface area contributed by atoms with Crippen molar-refractivity contribution in [1.82, 2.24) is 5.32 Å². The van der Waals surface area contributed by atoms with Gasteiger partial charge in [-0.05, 0) is 51.4 Å². The highest BCUT2D eigenvalue weighted by Crippen LogP contribution is 2.24. The molecule has 0 saturated carbocycles. The van der Waals surface area contributed by atoms with E-state index in [4.69, 9.17) is 4.74 Å². The Morgan fingerprint density at radius 1 is 1.19 bits per heavy atom. The predicted octanol–water partition coefficient (Wildman–Crippen LogP) is 2.95. The zero-order valence-corrected chi connectivity index (χ0v) is 14.5. The molecule has 0 aromatic heterocycles. The average Bonchev–Trinajstić information content (AvgIpc) is 2.42. The minimum atomic E-state index is -3.18. The van der Waals surface area contributed by atoms with Crippen molar-refractivity contribution in [2.45, 2.75) is 44.9 Å². The molecule has 0 aliphatic rings. The number of nitrogens with one attached hydrogen (secondary N) is 1. The van der Waals surface area contributed by atoms with Crippen LogP contribution < -0.4 is 10.1 Å². The van der Waals surface area contributed by atoms with E-state index < -0.39 is 14.6 Å². The van der Waals surface area contributed by atoms with Gasteiger partial charge in [0.15, 0.2) is 9.84 Å². The van der Waals surface area contributed by atoms with Crippen LogP contribution in [-0.2, 0) is 9.84 Å². The summed E-state index contributed by atoms with van der Waals surface area (Å²) in [6, 6.07) is 7.37. The Hall–Kier alpha value is -1.07. The van der Waals surface area contributed by atoms with Crippen LogP contribution in [0, 0.1) is 0 Å². The van der Waals surface area contributed by atoms with E-state index in [1.165, 1.54) is 0 Å².